The second kappa shape index (κ2) is 5.51. The molecule has 21 heavy (non-hydrogen) atoms. The van der Waals surface area contributed by atoms with Crippen molar-refractivity contribution in [2.24, 2.45) is 0 Å². The lowest BCUT2D eigenvalue weighted by Crippen LogP contribution is -2.40. The first-order valence-corrected chi connectivity index (χ1v) is 8.44. The van der Waals surface area contributed by atoms with E-state index in [2.05, 4.69) is 31.9 Å². The Morgan fingerprint density at radius 1 is 1.38 bits per heavy atom. The van der Waals surface area contributed by atoms with E-state index in [1.807, 2.05) is 6.92 Å². The zero-order chi connectivity index (χ0) is 14.2. The molecule has 2 fully saturated rings. The van der Waals surface area contributed by atoms with Crippen LogP contribution in [0.25, 0.3) is 0 Å². The van der Waals surface area contributed by atoms with Crippen LogP contribution in [0.5, 0.6) is 0 Å². The average Bonchev–Trinajstić information content (AvgIpc) is 3.21. The minimum absolute atomic E-state index is 0.0199. The smallest absolute Gasteiger partial charge is 0.255 e. The molecule has 0 spiro atoms. The summed E-state index contributed by atoms with van der Waals surface area (Å²) in [7, 11) is 0. The summed E-state index contributed by atoms with van der Waals surface area (Å²) in [5.74, 6) is 1.32. The molecule has 6 heteroatoms. The van der Waals surface area contributed by atoms with E-state index in [4.69, 9.17) is 9.26 Å². The van der Waals surface area contributed by atoms with Crippen LogP contribution in [0.4, 0.5) is 0 Å². The molecule has 2 aliphatic heterocycles. The maximum Gasteiger partial charge on any atom is 0.255 e. The van der Waals surface area contributed by atoms with E-state index < -0.39 is 0 Å². The van der Waals surface area contributed by atoms with Crippen LogP contribution >= 0.6 is 11.3 Å². The molecule has 3 atom stereocenters. The third-order valence-electron chi connectivity index (χ3n) is 4.45. The van der Waals surface area contributed by atoms with Crippen LogP contribution in [-0.2, 0) is 11.3 Å². The maximum atomic E-state index is 6.22. The van der Waals surface area contributed by atoms with Crippen LogP contribution in [0.3, 0.4) is 0 Å². The Hall–Kier alpha value is -1.24. The van der Waals surface area contributed by atoms with Crippen molar-refractivity contribution in [2.45, 2.75) is 51.0 Å². The van der Waals surface area contributed by atoms with Gasteiger partial charge in [-0.3, -0.25) is 4.90 Å². The normalized spacial score (nSPS) is 29.7. The van der Waals surface area contributed by atoms with Gasteiger partial charge >= 0.3 is 0 Å². The van der Waals surface area contributed by atoms with E-state index in [-0.39, 0.29) is 6.10 Å². The van der Waals surface area contributed by atoms with Crippen molar-refractivity contribution in [1.29, 1.82) is 0 Å². The number of fused-ring (bicyclic) bond motifs is 1. The van der Waals surface area contributed by atoms with Gasteiger partial charge in [-0.15, -0.1) is 0 Å². The molecule has 0 aromatic carbocycles. The summed E-state index contributed by atoms with van der Waals surface area (Å²) in [6, 6.07) is 2.75. The lowest BCUT2D eigenvalue weighted by atomic mass is 9.99. The molecule has 2 aromatic heterocycles. The highest BCUT2D eigenvalue weighted by Crippen LogP contribution is 2.38. The quantitative estimate of drug-likeness (QED) is 0.872. The molecular formula is C15H19N3O2S. The van der Waals surface area contributed by atoms with E-state index in [0.717, 1.165) is 32.4 Å². The number of ether oxygens (including phenoxy) is 1. The number of aryl methyl sites for hydroxylation is 1. The molecule has 0 saturated carbocycles. The van der Waals surface area contributed by atoms with Crippen molar-refractivity contribution in [2.75, 3.05) is 6.54 Å². The van der Waals surface area contributed by atoms with Gasteiger partial charge in [0.1, 0.15) is 6.10 Å². The summed E-state index contributed by atoms with van der Waals surface area (Å²) >= 11 is 1.77. The Morgan fingerprint density at radius 2 is 2.33 bits per heavy atom. The summed E-state index contributed by atoms with van der Waals surface area (Å²) in [5, 5.41) is 8.25. The van der Waals surface area contributed by atoms with Gasteiger partial charge in [0.2, 0.25) is 0 Å². The molecular weight excluding hydrogens is 286 g/mol. The lowest BCUT2D eigenvalue weighted by molar-refractivity contribution is -0.0831. The predicted octanol–water partition coefficient (Wildman–Crippen LogP) is 2.93. The SMILES string of the molecule is Cc1noc([C@@H]2CC[C@H]3[C@H](CCN3Cc3ccsc3)O2)n1. The van der Waals surface area contributed by atoms with Crippen molar-refractivity contribution in [3.63, 3.8) is 0 Å². The molecule has 4 rings (SSSR count). The summed E-state index contributed by atoms with van der Waals surface area (Å²) in [6.45, 7) is 4.00. The highest BCUT2D eigenvalue weighted by atomic mass is 32.1. The number of likely N-dealkylation sites (tertiary alicyclic amines) is 1. The molecule has 0 radical (unpaired) electrons. The molecule has 0 amide bonds. The highest BCUT2D eigenvalue weighted by Gasteiger charge is 2.41. The fraction of sp³-hybridized carbons (Fsp3) is 0.600. The van der Waals surface area contributed by atoms with Crippen molar-refractivity contribution in [3.05, 3.63) is 34.1 Å². The van der Waals surface area contributed by atoms with Gasteiger partial charge < -0.3 is 9.26 Å². The summed E-state index contributed by atoms with van der Waals surface area (Å²) in [4.78, 5) is 6.87. The van der Waals surface area contributed by atoms with E-state index >= 15 is 0 Å². The molecule has 2 aliphatic rings. The van der Waals surface area contributed by atoms with Crippen molar-refractivity contribution in [3.8, 4) is 0 Å². The molecule has 0 unspecified atom stereocenters. The standard InChI is InChI=1S/C15H19N3O2S/c1-10-16-15(20-17-10)14-3-2-12-13(19-14)4-6-18(12)8-11-5-7-21-9-11/h5,7,9,12-14H,2-4,6,8H2,1H3/t12-,13-,14-/m0/s1. The molecule has 112 valence electrons. The van der Waals surface area contributed by atoms with E-state index in [1.165, 1.54) is 5.56 Å². The van der Waals surface area contributed by atoms with Crippen LogP contribution < -0.4 is 0 Å². The molecule has 4 heterocycles. The minimum Gasteiger partial charge on any atom is -0.363 e. The van der Waals surface area contributed by atoms with E-state index in [9.17, 15) is 0 Å². The fourth-order valence-corrected chi connectivity index (χ4v) is 4.11. The third kappa shape index (κ3) is 2.63. The monoisotopic (exact) mass is 305 g/mol. The number of aromatic nitrogens is 2. The number of rotatable bonds is 3. The summed E-state index contributed by atoms with van der Waals surface area (Å²) in [6.07, 6.45) is 3.48. The van der Waals surface area contributed by atoms with Crippen LogP contribution in [0, 0.1) is 6.92 Å². The van der Waals surface area contributed by atoms with Crippen molar-refractivity contribution < 1.29 is 9.26 Å². The fourth-order valence-electron chi connectivity index (χ4n) is 3.45. The van der Waals surface area contributed by atoms with Crippen LogP contribution in [-0.4, -0.2) is 33.7 Å². The Kier molecular flexibility index (Phi) is 3.52. The molecule has 0 aliphatic carbocycles. The van der Waals surface area contributed by atoms with Gasteiger partial charge in [-0.1, -0.05) is 5.16 Å². The largest absolute Gasteiger partial charge is 0.363 e. The number of thiophene rings is 1. The topological polar surface area (TPSA) is 51.4 Å². The van der Waals surface area contributed by atoms with Gasteiger partial charge in [0.05, 0.1) is 6.10 Å². The summed E-state index contributed by atoms with van der Waals surface area (Å²) in [5.41, 5.74) is 1.41. The maximum absolute atomic E-state index is 6.22. The first kappa shape index (κ1) is 13.4. The Labute approximate surface area is 127 Å². The van der Waals surface area contributed by atoms with Gasteiger partial charge in [0.25, 0.3) is 5.89 Å². The number of hydrogen-bond donors (Lipinski definition) is 0. The van der Waals surface area contributed by atoms with Gasteiger partial charge in [0, 0.05) is 19.1 Å². The molecule has 2 aromatic rings. The van der Waals surface area contributed by atoms with Gasteiger partial charge in [-0.25, -0.2) is 0 Å². The van der Waals surface area contributed by atoms with Gasteiger partial charge in [-0.05, 0) is 48.6 Å². The van der Waals surface area contributed by atoms with Gasteiger partial charge in [-0.2, -0.15) is 16.3 Å². The van der Waals surface area contributed by atoms with Crippen LogP contribution in [0.1, 0.15) is 42.6 Å². The molecule has 5 nitrogen and oxygen atoms in total. The van der Waals surface area contributed by atoms with E-state index in [1.54, 1.807) is 11.3 Å². The number of hydrogen-bond acceptors (Lipinski definition) is 6. The lowest BCUT2D eigenvalue weighted by Gasteiger charge is -2.34. The first-order chi connectivity index (χ1) is 10.3. The zero-order valence-corrected chi connectivity index (χ0v) is 12.9. The molecule has 0 N–H and O–H groups in total. The Morgan fingerprint density at radius 3 is 3.10 bits per heavy atom. The second-order valence-corrected chi connectivity index (χ2v) is 6.66. The number of nitrogens with zero attached hydrogens (tertiary/aromatic N) is 3. The predicted molar refractivity (Wildman–Crippen MR) is 79.0 cm³/mol. The Bertz CT molecular complexity index is 598. The first-order valence-electron chi connectivity index (χ1n) is 7.50. The van der Waals surface area contributed by atoms with Crippen molar-refractivity contribution >= 4 is 11.3 Å². The Balaban J connectivity index is 1.42. The summed E-state index contributed by atoms with van der Waals surface area (Å²) < 4.78 is 11.5. The zero-order valence-electron chi connectivity index (χ0n) is 12.1. The van der Waals surface area contributed by atoms with Crippen LogP contribution in [0.2, 0.25) is 0 Å². The minimum atomic E-state index is -0.0199. The third-order valence-corrected chi connectivity index (χ3v) is 5.18. The van der Waals surface area contributed by atoms with Crippen molar-refractivity contribution in [1.82, 2.24) is 15.0 Å². The van der Waals surface area contributed by atoms with E-state index in [0.29, 0.717) is 23.9 Å². The average molecular weight is 305 g/mol. The molecule has 2 saturated heterocycles. The second-order valence-electron chi connectivity index (χ2n) is 5.88. The highest BCUT2D eigenvalue weighted by molar-refractivity contribution is 7.07. The van der Waals surface area contributed by atoms with Crippen LogP contribution in [0.15, 0.2) is 21.3 Å². The van der Waals surface area contributed by atoms with Gasteiger partial charge in [0.15, 0.2) is 5.82 Å². The molecule has 0 bridgehead atoms.